The molecule has 0 aliphatic carbocycles. The van der Waals surface area contributed by atoms with Gasteiger partial charge >= 0.3 is 0 Å². The summed E-state index contributed by atoms with van der Waals surface area (Å²) in [5.74, 6) is -0.360. The SMILES string of the molecule is CCc1ccc(S(=O)(=O)c2cn(CC(=O)Nc3ccc(C)cc3C)c3nc(C)ccc3c2=O)cc1. The summed E-state index contributed by atoms with van der Waals surface area (Å²) in [5, 5.41) is 3.01. The zero-order chi connectivity index (χ0) is 25.3. The van der Waals surface area contributed by atoms with Crippen LogP contribution in [0.4, 0.5) is 5.69 Å². The number of hydrogen-bond donors (Lipinski definition) is 1. The molecular weight excluding hydrogens is 462 g/mol. The van der Waals surface area contributed by atoms with Gasteiger partial charge < -0.3 is 9.88 Å². The zero-order valence-corrected chi connectivity index (χ0v) is 20.9. The highest BCUT2D eigenvalue weighted by molar-refractivity contribution is 7.91. The van der Waals surface area contributed by atoms with Crippen LogP contribution in [0.1, 0.15) is 29.3 Å². The summed E-state index contributed by atoms with van der Waals surface area (Å²) in [6.07, 6.45) is 1.99. The van der Waals surface area contributed by atoms with Gasteiger partial charge in [-0.25, -0.2) is 13.4 Å². The molecule has 0 fully saturated rings. The van der Waals surface area contributed by atoms with E-state index in [4.69, 9.17) is 0 Å². The second-order valence-corrected chi connectivity index (χ2v) is 10.6. The molecule has 2 heterocycles. The Balaban J connectivity index is 1.80. The Morgan fingerprint density at radius 2 is 1.71 bits per heavy atom. The van der Waals surface area contributed by atoms with Crippen molar-refractivity contribution in [2.45, 2.75) is 50.5 Å². The van der Waals surface area contributed by atoms with Gasteiger partial charge in [-0.15, -0.1) is 0 Å². The molecule has 8 heteroatoms. The Hall–Kier alpha value is -3.78. The minimum Gasteiger partial charge on any atom is -0.324 e. The average molecular weight is 490 g/mol. The van der Waals surface area contributed by atoms with E-state index < -0.39 is 15.3 Å². The topological polar surface area (TPSA) is 98.1 Å². The maximum atomic E-state index is 13.4. The molecule has 1 amide bonds. The molecule has 7 nitrogen and oxygen atoms in total. The first kappa shape index (κ1) is 24.3. The quantitative estimate of drug-likeness (QED) is 0.434. The van der Waals surface area contributed by atoms with Gasteiger partial charge in [0.2, 0.25) is 21.2 Å². The van der Waals surface area contributed by atoms with E-state index in [-0.39, 0.29) is 33.3 Å². The first-order valence-corrected chi connectivity index (χ1v) is 12.8. The lowest BCUT2D eigenvalue weighted by Crippen LogP contribution is -2.24. The van der Waals surface area contributed by atoms with Crippen LogP contribution in [0, 0.1) is 20.8 Å². The molecule has 0 radical (unpaired) electrons. The van der Waals surface area contributed by atoms with Gasteiger partial charge in [-0.05, 0) is 68.7 Å². The van der Waals surface area contributed by atoms with E-state index >= 15 is 0 Å². The van der Waals surface area contributed by atoms with Crippen LogP contribution in [0.5, 0.6) is 0 Å². The van der Waals surface area contributed by atoms with E-state index in [9.17, 15) is 18.0 Å². The van der Waals surface area contributed by atoms with Gasteiger partial charge in [0.05, 0.1) is 10.3 Å². The van der Waals surface area contributed by atoms with Crippen LogP contribution >= 0.6 is 0 Å². The molecule has 0 unspecified atom stereocenters. The molecule has 0 aliphatic rings. The summed E-state index contributed by atoms with van der Waals surface area (Å²) in [6.45, 7) is 7.40. The third kappa shape index (κ3) is 4.88. The number of anilines is 1. The van der Waals surface area contributed by atoms with E-state index in [0.29, 0.717) is 11.4 Å². The van der Waals surface area contributed by atoms with Crippen molar-refractivity contribution in [3.05, 3.63) is 93.4 Å². The fourth-order valence-electron chi connectivity index (χ4n) is 3.97. The fraction of sp³-hybridized carbons (Fsp3) is 0.222. The van der Waals surface area contributed by atoms with E-state index in [1.807, 2.05) is 39.0 Å². The number of sulfone groups is 1. The Labute approximate surface area is 204 Å². The number of benzene rings is 2. The van der Waals surface area contributed by atoms with E-state index in [1.165, 1.54) is 22.9 Å². The molecule has 0 saturated heterocycles. The van der Waals surface area contributed by atoms with Gasteiger partial charge in [0.15, 0.2) is 0 Å². The van der Waals surface area contributed by atoms with Gasteiger partial charge in [0, 0.05) is 17.6 Å². The minimum absolute atomic E-state index is 0.0255. The standard InChI is InChI=1S/C27H27N3O4S/c1-5-20-8-10-21(11-9-20)35(33,34)24-15-30(27-22(26(24)32)12-7-19(4)28-27)16-25(31)29-23-13-6-17(2)14-18(23)3/h6-15H,5,16H2,1-4H3,(H,29,31). The number of nitrogens with one attached hydrogen (secondary N) is 1. The molecule has 2 aromatic heterocycles. The monoisotopic (exact) mass is 489 g/mol. The van der Waals surface area contributed by atoms with Gasteiger partial charge in [-0.1, -0.05) is 36.8 Å². The number of rotatable bonds is 6. The minimum atomic E-state index is -4.12. The molecule has 0 spiro atoms. The van der Waals surface area contributed by atoms with Crippen molar-refractivity contribution in [3.8, 4) is 0 Å². The molecule has 0 aliphatic heterocycles. The molecule has 35 heavy (non-hydrogen) atoms. The largest absolute Gasteiger partial charge is 0.324 e. The van der Waals surface area contributed by atoms with Crippen LogP contribution in [0.2, 0.25) is 0 Å². The number of aromatic nitrogens is 2. The highest BCUT2D eigenvalue weighted by Gasteiger charge is 2.25. The normalized spacial score (nSPS) is 11.5. The molecule has 4 rings (SSSR count). The van der Waals surface area contributed by atoms with Crippen molar-refractivity contribution in [2.24, 2.45) is 0 Å². The molecule has 0 atom stereocenters. The number of pyridine rings is 2. The number of hydrogen-bond acceptors (Lipinski definition) is 5. The van der Waals surface area contributed by atoms with Crippen LogP contribution in [-0.2, 0) is 27.6 Å². The summed E-state index contributed by atoms with van der Waals surface area (Å²) in [7, 11) is -4.12. The van der Waals surface area contributed by atoms with Crippen molar-refractivity contribution in [1.29, 1.82) is 0 Å². The number of carbonyl (C=O) groups is 1. The zero-order valence-electron chi connectivity index (χ0n) is 20.1. The lowest BCUT2D eigenvalue weighted by Gasteiger charge is -2.15. The maximum Gasteiger partial charge on any atom is 0.244 e. The number of amides is 1. The Kier molecular flexibility index (Phi) is 6.58. The number of nitrogens with zero attached hydrogens (tertiary/aromatic N) is 2. The highest BCUT2D eigenvalue weighted by atomic mass is 32.2. The van der Waals surface area contributed by atoms with Gasteiger partial charge in [0.1, 0.15) is 17.1 Å². The van der Waals surface area contributed by atoms with Crippen LogP contribution in [0.3, 0.4) is 0 Å². The summed E-state index contributed by atoms with van der Waals surface area (Å²) in [6, 6.07) is 15.4. The van der Waals surface area contributed by atoms with Crippen LogP contribution < -0.4 is 10.7 Å². The number of fused-ring (bicyclic) bond motifs is 1. The van der Waals surface area contributed by atoms with Crippen LogP contribution in [0.25, 0.3) is 11.0 Å². The molecule has 0 bridgehead atoms. The average Bonchev–Trinajstić information content (AvgIpc) is 2.82. The predicted molar refractivity (Wildman–Crippen MR) is 137 cm³/mol. The van der Waals surface area contributed by atoms with Crippen LogP contribution in [-0.4, -0.2) is 23.9 Å². The summed E-state index contributed by atoms with van der Waals surface area (Å²) >= 11 is 0. The van der Waals surface area contributed by atoms with E-state index in [1.54, 1.807) is 31.2 Å². The van der Waals surface area contributed by atoms with E-state index in [2.05, 4.69) is 10.3 Å². The molecule has 2 aromatic carbocycles. The Morgan fingerprint density at radius 1 is 1.00 bits per heavy atom. The lowest BCUT2D eigenvalue weighted by atomic mass is 10.1. The van der Waals surface area contributed by atoms with Gasteiger partial charge in [-0.3, -0.25) is 9.59 Å². The molecule has 1 N–H and O–H groups in total. The summed E-state index contributed by atoms with van der Waals surface area (Å²) < 4.78 is 28.3. The molecule has 0 saturated carbocycles. The highest BCUT2D eigenvalue weighted by Crippen LogP contribution is 2.22. The first-order valence-electron chi connectivity index (χ1n) is 11.3. The Morgan fingerprint density at radius 3 is 2.37 bits per heavy atom. The van der Waals surface area contributed by atoms with Gasteiger partial charge in [0.25, 0.3) is 0 Å². The lowest BCUT2D eigenvalue weighted by molar-refractivity contribution is -0.116. The predicted octanol–water partition coefficient (Wildman–Crippen LogP) is 4.36. The van der Waals surface area contributed by atoms with Crippen molar-refractivity contribution in [1.82, 2.24) is 9.55 Å². The maximum absolute atomic E-state index is 13.4. The first-order chi connectivity index (χ1) is 16.6. The second kappa shape index (κ2) is 9.46. The third-order valence-electron chi connectivity index (χ3n) is 5.93. The van der Waals surface area contributed by atoms with Crippen molar-refractivity contribution >= 4 is 32.5 Å². The smallest absolute Gasteiger partial charge is 0.244 e. The molecule has 4 aromatic rings. The van der Waals surface area contributed by atoms with Crippen LogP contribution in [0.15, 0.2) is 75.4 Å². The summed E-state index contributed by atoms with van der Waals surface area (Å²) in [5.41, 5.74) is 3.90. The van der Waals surface area contributed by atoms with Crippen molar-refractivity contribution < 1.29 is 13.2 Å². The number of carbonyl (C=O) groups excluding carboxylic acids is 1. The third-order valence-corrected chi connectivity index (χ3v) is 7.69. The number of aryl methyl sites for hydroxylation is 4. The summed E-state index contributed by atoms with van der Waals surface area (Å²) in [4.78, 5) is 30.3. The Bertz CT molecular complexity index is 1600. The second-order valence-electron chi connectivity index (χ2n) is 8.64. The fourth-order valence-corrected chi connectivity index (χ4v) is 5.34. The van der Waals surface area contributed by atoms with E-state index in [0.717, 1.165) is 23.1 Å². The van der Waals surface area contributed by atoms with Crippen molar-refractivity contribution in [2.75, 3.05) is 5.32 Å². The van der Waals surface area contributed by atoms with Crippen molar-refractivity contribution in [3.63, 3.8) is 0 Å². The molecular formula is C27H27N3O4S. The molecule has 180 valence electrons. The van der Waals surface area contributed by atoms with Gasteiger partial charge in [-0.2, -0.15) is 0 Å².